The summed E-state index contributed by atoms with van der Waals surface area (Å²) in [7, 11) is 0. The second-order valence-corrected chi connectivity index (χ2v) is 4.42. The van der Waals surface area contributed by atoms with Crippen LogP contribution in [0.2, 0.25) is 5.02 Å². The van der Waals surface area contributed by atoms with E-state index < -0.39 is 12.0 Å². The molecule has 0 bridgehead atoms. The van der Waals surface area contributed by atoms with E-state index in [0.29, 0.717) is 10.6 Å². The Hall–Kier alpha value is -2.20. The topological polar surface area (TPSA) is 69.6 Å². The molecule has 0 aliphatic carbocycles. The van der Waals surface area contributed by atoms with Gasteiger partial charge in [0.1, 0.15) is 5.75 Å². The number of phenolic OH excluding ortho intramolecular Hbond substituents is 1. The molecule has 0 spiro atoms. The Kier molecular flexibility index (Phi) is 3.92. The first-order valence-electron chi connectivity index (χ1n) is 5.61. The predicted octanol–water partition coefficient (Wildman–Crippen LogP) is 3.28. The number of carboxylic acid groups (broad SMARTS) is 1. The maximum Gasteiger partial charge on any atom is 0.330 e. The van der Waals surface area contributed by atoms with Crippen molar-refractivity contribution >= 4 is 23.3 Å². The van der Waals surface area contributed by atoms with Gasteiger partial charge in [-0.15, -0.1) is 0 Å². The molecule has 0 amide bonds. The van der Waals surface area contributed by atoms with Crippen molar-refractivity contribution in [2.45, 2.75) is 6.04 Å². The molecule has 0 saturated heterocycles. The van der Waals surface area contributed by atoms with E-state index in [4.69, 9.17) is 11.6 Å². The number of aromatic hydroxyl groups is 1. The third kappa shape index (κ3) is 3.17. The van der Waals surface area contributed by atoms with Crippen molar-refractivity contribution in [2.75, 3.05) is 5.32 Å². The zero-order valence-corrected chi connectivity index (χ0v) is 10.6. The van der Waals surface area contributed by atoms with Crippen molar-refractivity contribution in [3.05, 3.63) is 59.1 Å². The van der Waals surface area contributed by atoms with Gasteiger partial charge in [0.05, 0.1) is 5.69 Å². The molecular weight excluding hydrogens is 266 g/mol. The summed E-state index contributed by atoms with van der Waals surface area (Å²) in [6, 6.07) is 12.2. The molecule has 4 nitrogen and oxygen atoms in total. The van der Waals surface area contributed by atoms with Gasteiger partial charge in [-0.05, 0) is 23.8 Å². The fourth-order valence-electron chi connectivity index (χ4n) is 1.71. The standard InChI is InChI=1S/C14H12ClNO3/c15-10-6-7-12(17)11(8-10)16-13(14(18)19)9-4-2-1-3-5-9/h1-8,13,16-17H,(H,18,19). The Bertz CT molecular complexity index is 586. The van der Waals surface area contributed by atoms with Crippen LogP contribution in [0.25, 0.3) is 0 Å². The summed E-state index contributed by atoms with van der Waals surface area (Å²) in [6.07, 6.45) is 0. The van der Waals surface area contributed by atoms with Crippen LogP contribution in [0.4, 0.5) is 5.69 Å². The lowest BCUT2D eigenvalue weighted by Gasteiger charge is -2.17. The van der Waals surface area contributed by atoms with Crippen LogP contribution in [0, 0.1) is 0 Å². The van der Waals surface area contributed by atoms with Crippen LogP contribution < -0.4 is 5.32 Å². The zero-order chi connectivity index (χ0) is 13.8. The first-order valence-corrected chi connectivity index (χ1v) is 5.98. The average molecular weight is 278 g/mol. The molecule has 0 aliphatic heterocycles. The van der Waals surface area contributed by atoms with Gasteiger partial charge in [-0.25, -0.2) is 4.79 Å². The third-order valence-corrected chi connectivity index (χ3v) is 2.87. The van der Waals surface area contributed by atoms with Crippen molar-refractivity contribution in [3.8, 4) is 5.75 Å². The van der Waals surface area contributed by atoms with Gasteiger partial charge in [0.2, 0.25) is 0 Å². The van der Waals surface area contributed by atoms with E-state index in [1.807, 2.05) is 0 Å². The first-order chi connectivity index (χ1) is 9.08. The Morgan fingerprint density at radius 1 is 1.16 bits per heavy atom. The molecule has 19 heavy (non-hydrogen) atoms. The quantitative estimate of drug-likeness (QED) is 0.750. The van der Waals surface area contributed by atoms with Crippen molar-refractivity contribution in [1.29, 1.82) is 0 Å². The molecule has 0 saturated carbocycles. The normalized spacial score (nSPS) is 11.8. The van der Waals surface area contributed by atoms with Crippen LogP contribution >= 0.6 is 11.6 Å². The second kappa shape index (κ2) is 5.63. The molecule has 5 heteroatoms. The summed E-state index contributed by atoms with van der Waals surface area (Å²) in [5, 5.41) is 22.2. The largest absolute Gasteiger partial charge is 0.506 e. The predicted molar refractivity (Wildman–Crippen MR) is 73.6 cm³/mol. The van der Waals surface area contributed by atoms with Gasteiger partial charge in [-0.1, -0.05) is 41.9 Å². The van der Waals surface area contributed by atoms with Gasteiger partial charge in [0.25, 0.3) is 0 Å². The van der Waals surface area contributed by atoms with E-state index in [9.17, 15) is 15.0 Å². The molecule has 0 fully saturated rings. The summed E-state index contributed by atoms with van der Waals surface area (Å²) < 4.78 is 0. The van der Waals surface area contributed by atoms with Crippen LogP contribution in [0.15, 0.2) is 48.5 Å². The van der Waals surface area contributed by atoms with E-state index in [-0.39, 0.29) is 11.4 Å². The molecule has 1 atom stereocenters. The number of rotatable bonds is 4. The van der Waals surface area contributed by atoms with Gasteiger partial charge in [-0.2, -0.15) is 0 Å². The summed E-state index contributed by atoms with van der Waals surface area (Å²) >= 11 is 5.83. The highest BCUT2D eigenvalue weighted by Gasteiger charge is 2.20. The summed E-state index contributed by atoms with van der Waals surface area (Å²) in [5.74, 6) is -1.09. The minimum atomic E-state index is -1.04. The highest BCUT2D eigenvalue weighted by Crippen LogP contribution is 2.30. The number of benzene rings is 2. The van der Waals surface area contributed by atoms with E-state index in [1.165, 1.54) is 18.2 Å². The second-order valence-electron chi connectivity index (χ2n) is 3.99. The number of carbonyl (C=O) groups is 1. The maximum absolute atomic E-state index is 11.3. The molecular formula is C14H12ClNO3. The van der Waals surface area contributed by atoms with Crippen molar-refractivity contribution in [1.82, 2.24) is 0 Å². The Morgan fingerprint density at radius 2 is 1.84 bits per heavy atom. The number of phenols is 1. The lowest BCUT2D eigenvalue weighted by Crippen LogP contribution is -2.20. The van der Waals surface area contributed by atoms with E-state index >= 15 is 0 Å². The molecule has 2 aromatic rings. The fraction of sp³-hybridized carbons (Fsp3) is 0.0714. The summed E-state index contributed by atoms with van der Waals surface area (Å²) in [4.78, 5) is 11.3. The van der Waals surface area contributed by atoms with Gasteiger partial charge in [0, 0.05) is 5.02 Å². The maximum atomic E-state index is 11.3. The SMILES string of the molecule is O=C(O)C(Nc1cc(Cl)ccc1O)c1ccccc1. The average Bonchev–Trinajstić information content (AvgIpc) is 2.40. The number of nitrogens with one attached hydrogen (secondary N) is 1. The molecule has 0 aromatic heterocycles. The van der Waals surface area contributed by atoms with Crippen molar-refractivity contribution in [3.63, 3.8) is 0 Å². The molecule has 3 N–H and O–H groups in total. The Balaban J connectivity index is 2.32. The molecule has 98 valence electrons. The van der Waals surface area contributed by atoms with Crippen LogP contribution in [0.3, 0.4) is 0 Å². The highest BCUT2D eigenvalue weighted by atomic mass is 35.5. The van der Waals surface area contributed by atoms with Crippen LogP contribution in [0.1, 0.15) is 11.6 Å². The van der Waals surface area contributed by atoms with Crippen molar-refractivity contribution in [2.24, 2.45) is 0 Å². The fourth-order valence-corrected chi connectivity index (χ4v) is 1.88. The monoisotopic (exact) mass is 277 g/mol. The lowest BCUT2D eigenvalue weighted by molar-refractivity contribution is -0.138. The molecule has 2 aromatic carbocycles. The van der Waals surface area contributed by atoms with Gasteiger partial charge in [0.15, 0.2) is 6.04 Å². The smallest absolute Gasteiger partial charge is 0.330 e. The minimum absolute atomic E-state index is 0.0495. The Morgan fingerprint density at radius 3 is 2.47 bits per heavy atom. The number of hydrogen-bond acceptors (Lipinski definition) is 3. The summed E-state index contributed by atoms with van der Waals surface area (Å²) in [5.41, 5.74) is 0.873. The Labute approximate surface area is 115 Å². The third-order valence-electron chi connectivity index (χ3n) is 2.64. The van der Waals surface area contributed by atoms with Crippen molar-refractivity contribution < 1.29 is 15.0 Å². The van der Waals surface area contributed by atoms with Crippen LogP contribution in [0.5, 0.6) is 5.75 Å². The van der Waals surface area contributed by atoms with E-state index in [2.05, 4.69) is 5.32 Å². The molecule has 1 unspecified atom stereocenters. The summed E-state index contributed by atoms with van der Waals surface area (Å²) in [6.45, 7) is 0. The molecule has 0 radical (unpaired) electrons. The van der Waals surface area contributed by atoms with Crippen LogP contribution in [-0.2, 0) is 4.79 Å². The molecule has 2 rings (SSSR count). The molecule has 0 aliphatic rings. The lowest BCUT2D eigenvalue weighted by atomic mass is 10.1. The number of anilines is 1. The van der Waals surface area contributed by atoms with Gasteiger partial charge in [-0.3, -0.25) is 0 Å². The molecule has 0 heterocycles. The number of aliphatic carboxylic acids is 1. The number of hydrogen-bond donors (Lipinski definition) is 3. The van der Waals surface area contributed by atoms with Gasteiger partial charge < -0.3 is 15.5 Å². The van der Waals surface area contributed by atoms with E-state index in [0.717, 1.165) is 0 Å². The number of carboxylic acids is 1. The van der Waals surface area contributed by atoms with Gasteiger partial charge >= 0.3 is 5.97 Å². The number of halogens is 1. The minimum Gasteiger partial charge on any atom is -0.506 e. The van der Waals surface area contributed by atoms with E-state index in [1.54, 1.807) is 30.3 Å². The zero-order valence-electron chi connectivity index (χ0n) is 9.88. The highest BCUT2D eigenvalue weighted by molar-refractivity contribution is 6.30. The first kappa shape index (κ1) is 13.2. The van der Waals surface area contributed by atoms with Crippen LogP contribution in [-0.4, -0.2) is 16.2 Å².